The number of aliphatic imine (C=N–C) groups is 2. The normalized spacial score (nSPS) is 11.4. The van der Waals surface area contributed by atoms with Gasteiger partial charge in [0, 0.05) is 10.1 Å². The van der Waals surface area contributed by atoms with Crippen LogP contribution in [0.1, 0.15) is 9.67 Å². The molecule has 0 bridgehead atoms. The van der Waals surface area contributed by atoms with Crippen molar-refractivity contribution < 1.29 is 9.53 Å². The molecule has 1 aromatic carbocycles. The molecule has 0 aliphatic rings. The zero-order chi connectivity index (χ0) is 15.6. The van der Waals surface area contributed by atoms with Crippen molar-refractivity contribution in [3.63, 3.8) is 0 Å². The van der Waals surface area contributed by atoms with E-state index in [9.17, 15) is 4.79 Å². The average molecular weight is 326 g/mol. The Morgan fingerprint density at radius 2 is 2.05 bits per heavy atom. The molecule has 0 amide bonds. The summed E-state index contributed by atoms with van der Waals surface area (Å²) in [5.74, 6) is -0.721. The topological polar surface area (TPSA) is 129 Å². The smallest absolute Gasteiger partial charge is 0.349 e. The van der Waals surface area contributed by atoms with Crippen LogP contribution < -0.4 is 17.2 Å². The van der Waals surface area contributed by atoms with Gasteiger partial charge in [-0.2, -0.15) is 4.99 Å². The van der Waals surface area contributed by atoms with E-state index in [1.165, 1.54) is 18.4 Å². The van der Waals surface area contributed by atoms with E-state index in [2.05, 4.69) is 14.7 Å². The second-order valence-electron chi connectivity index (χ2n) is 3.92. The highest BCUT2D eigenvalue weighted by molar-refractivity contribution is 7.21. The van der Waals surface area contributed by atoms with Gasteiger partial charge in [-0.05, 0) is 18.2 Å². The van der Waals surface area contributed by atoms with Crippen LogP contribution in [0.25, 0.3) is 10.1 Å². The molecule has 6 N–H and O–H groups in total. The molecule has 0 unspecified atom stereocenters. The molecule has 0 aliphatic carbocycles. The van der Waals surface area contributed by atoms with E-state index in [1.807, 2.05) is 0 Å². The van der Waals surface area contributed by atoms with Gasteiger partial charge in [-0.1, -0.05) is 11.6 Å². The van der Waals surface area contributed by atoms with Gasteiger partial charge in [-0.15, -0.1) is 11.3 Å². The number of ether oxygens (including phenoxy) is 1. The Labute approximate surface area is 129 Å². The van der Waals surface area contributed by atoms with Crippen molar-refractivity contribution in [3.8, 4) is 0 Å². The number of carbonyl (C=O) groups is 1. The predicted octanol–water partition coefficient (Wildman–Crippen LogP) is 1.56. The number of fused-ring (bicyclic) bond motifs is 1. The average Bonchev–Trinajstić information content (AvgIpc) is 2.74. The van der Waals surface area contributed by atoms with Gasteiger partial charge in [0.05, 0.1) is 17.8 Å². The lowest BCUT2D eigenvalue weighted by atomic mass is 10.2. The molecule has 1 aromatic heterocycles. The van der Waals surface area contributed by atoms with E-state index in [1.54, 1.807) is 18.2 Å². The molecule has 9 heteroatoms. The summed E-state index contributed by atoms with van der Waals surface area (Å²) in [5, 5.41) is 1.09. The third kappa shape index (κ3) is 3.23. The van der Waals surface area contributed by atoms with Gasteiger partial charge in [0.25, 0.3) is 0 Å². The second-order valence-corrected chi connectivity index (χ2v) is 5.35. The Balaban J connectivity index is 2.48. The molecule has 0 radical (unpaired) electrons. The Morgan fingerprint density at radius 1 is 1.33 bits per heavy atom. The summed E-state index contributed by atoms with van der Waals surface area (Å²) in [7, 11) is 1.30. The van der Waals surface area contributed by atoms with Crippen LogP contribution in [0.2, 0.25) is 5.02 Å². The highest BCUT2D eigenvalue weighted by Crippen LogP contribution is 2.37. The first kappa shape index (κ1) is 15.1. The molecular formula is C12H12ClN5O2S. The SMILES string of the molecule is COC(=O)c1sc2cc(N=C(N)N=C(N)N)ccc2c1Cl. The van der Waals surface area contributed by atoms with Gasteiger partial charge in [-0.25, -0.2) is 9.79 Å². The van der Waals surface area contributed by atoms with Gasteiger partial charge < -0.3 is 21.9 Å². The van der Waals surface area contributed by atoms with Crippen LogP contribution in [0.4, 0.5) is 5.69 Å². The summed E-state index contributed by atoms with van der Waals surface area (Å²) in [6.45, 7) is 0. The maximum atomic E-state index is 11.6. The summed E-state index contributed by atoms with van der Waals surface area (Å²) >= 11 is 7.36. The fraction of sp³-hybridized carbons (Fsp3) is 0.0833. The Hall–Kier alpha value is -2.32. The van der Waals surface area contributed by atoms with Crippen LogP contribution in [0.5, 0.6) is 0 Å². The van der Waals surface area contributed by atoms with Crippen LogP contribution in [0.3, 0.4) is 0 Å². The number of methoxy groups -OCH3 is 1. The number of guanidine groups is 2. The summed E-state index contributed by atoms with van der Waals surface area (Å²) in [4.78, 5) is 19.6. The summed E-state index contributed by atoms with van der Waals surface area (Å²) in [5.41, 5.74) is 16.5. The Kier molecular flexibility index (Phi) is 4.29. The zero-order valence-corrected chi connectivity index (χ0v) is 12.5. The van der Waals surface area contributed by atoms with E-state index in [0.29, 0.717) is 15.6 Å². The molecule has 7 nitrogen and oxygen atoms in total. The van der Waals surface area contributed by atoms with E-state index >= 15 is 0 Å². The van der Waals surface area contributed by atoms with Crippen molar-refractivity contribution >= 4 is 56.6 Å². The third-order valence-corrected chi connectivity index (χ3v) is 4.11. The van der Waals surface area contributed by atoms with E-state index in [4.69, 9.17) is 28.8 Å². The number of esters is 1. The first-order valence-electron chi connectivity index (χ1n) is 5.66. The zero-order valence-electron chi connectivity index (χ0n) is 11.0. The minimum absolute atomic E-state index is 0.0646. The van der Waals surface area contributed by atoms with Gasteiger partial charge in [0.15, 0.2) is 5.96 Å². The van der Waals surface area contributed by atoms with Gasteiger partial charge in [-0.3, -0.25) is 0 Å². The van der Waals surface area contributed by atoms with Gasteiger partial charge in [0.2, 0.25) is 5.96 Å². The molecular weight excluding hydrogens is 314 g/mol. The summed E-state index contributed by atoms with van der Waals surface area (Å²) in [6, 6.07) is 5.16. The molecule has 1 heterocycles. The first-order chi connectivity index (χ1) is 9.92. The van der Waals surface area contributed by atoms with Crippen LogP contribution in [0.15, 0.2) is 28.2 Å². The number of nitrogens with zero attached hydrogens (tertiary/aromatic N) is 2. The fourth-order valence-electron chi connectivity index (χ4n) is 1.64. The van der Waals surface area contributed by atoms with Crippen LogP contribution in [0, 0.1) is 0 Å². The molecule has 110 valence electrons. The molecule has 0 spiro atoms. The highest BCUT2D eigenvalue weighted by Gasteiger charge is 2.17. The number of carbonyl (C=O) groups excluding carboxylic acids is 1. The molecule has 0 fully saturated rings. The van der Waals surface area contributed by atoms with Crippen molar-refractivity contribution in [3.05, 3.63) is 28.1 Å². The number of rotatable bonds is 2. The number of halogens is 1. The number of benzene rings is 1. The first-order valence-corrected chi connectivity index (χ1v) is 6.86. The maximum absolute atomic E-state index is 11.6. The molecule has 2 rings (SSSR count). The fourth-order valence-corrected chi connectivity index (χ4v) is 3.10. The van der Waals surface area contributed by atoms with Crippen molar-refractivity contribution in [1.29, 1.82) is 0 Å². The lowest BCUT2D eigenvalue weighted by molar-refractivity contribution is 0.0606. The van der Waals surface area contributed by atoms with E-state index < -0.39 is 5.97 Å². The Morgan fingerprint density at radius 3 is 2.67 bits per heavy atom. The molecule has 0 saturated heterocycles. The summed E-state index contributed by atoms with van der Waals surface area (Å²) < 4.78 is 5.46. The quantitative estimate of drug-likeness (QED) is 0.438. The lowest BCUT2D eigenvalue weighted by Crippen LogP contribution is -2.26. The molecule has 0 saturated carbocycles. The number of hydrogen-bond acceptors (Lipinski definition) is 4. The third-order valence-electron chi connectivity index (χ3n) is 2.47. The predicted molar refractivity (Wildman–Crippen MR) is 85.3 cm³/mol. The maximum Gasteiger partial charge on any atom is 0.349 e. The van der Waals surface area contributed by atoms with Gasteiger partial charge in [0.1, 0.15) is 4.88 Å². The van der Waals surface area contributed by atoms with Crippen LogP contribution in [-0.4, -0.2) is 25.0 Å². The molecule has 0 atom stereocenters. The minimum Gasteiger partial charge on any atom is -0.465 e. The molecule has 21 heavy (non-hydrogen) atoms. The summed E-state index contributed by atoms with van der Waals surface area (Å²) in [6.07, 6.45) is 0. The largest absolute Gasteiger partial charge is 0.465 e. The highest BCUT2D eigenvalue weighted by atomic mass is 35.5. The lowest BCUT2D eigenvalue weighted by Gasteiger charge is -1.97. The molecule has 2 aromatic rings. The van der Waals surface area contributed by atoms with Crippen molar-refractivity contribution in [2.45, 2.75) is 0 Å². The number of thiophene rings is 1. The van der Waals surface area contributed by atoms with E-state index in [0.717, 1.165) is 10.1 Å². The van der Waals surface area contributed by atoms with Crippen molar-refractivity contribution in [2.24, 2.45) is 27.2 Å². The van der Waals surface area contributed by atoms with Crippen molar-refractivity contribution in [2.75, 3.05) is 7.11 Å². The van der Waals surface area contributed by atoms with Crippen LogP contribution >= 0.6 is 22.9 Å². The Bertz CT molecular complexity index is 764. The van der Waals surface area contributed by atoms with Crippen LogP contribution in [-0.2, 0) is 4.74 Å². The number of nitrogens with two attached hydrogens (primary N) is 3. The molecule has 0 aliphatic heterocycles. The standard InChI is InChI=1S/C12H12ClN5O2S/c1-20-10(19)9-8(13)6-3-2-5(4-7(6)21-9)17-12(16)18-11(14)15/h2-4H,1H3,(H6,14,15,16,17,18). The second kappa shape index (κ2) is 5.98. The monoisotopic (exact) mass is 325 g/mol. The van der Waals surface area contributed by atoms with E-state index in [-0.39, 0.29) is 11.9 Å². The van der Waals surface area contributed by atoms with Crippen molar-refractivity contribution in [1.82, 2.24) is 0 Å². The van der Waals surface area contributed by atoms with Gasteiger partial charge >= 0.3 is 5.97 Å². The number of hydrogen-bond donors (Lipinski definition) is 3. The minimum atomic E-state index is -0.480.